The van der Waals surface area contributed by atoms with E-state index < -0.39 is 0 Å². The van der Waals surface area contributed by atoms with Crippen molar-refractivity contribution in [1.82, 2.24) is 10.6 Å². The molecule has 0 aromatic carbocycles. The molecule has 1 amide bonds. The minimum absolute atomic E-state index is 0.0340. The SMILES string of the molecule is CC(=O)NCCC1COCCN1. The highest BCUT2D eigenvalue weighted by atomic mass is 16.5. The molecule has 0 spiro atoms. The lowest BCUT2D eigenvalue weighted by molar-refractivity contribution is -0.119. The molecule has 1 aliphatic heterocycles. The fourth-order valence-electron chi connectivity index (χ4n) is 1.23. The average Bonchev–Trinajstić information content (AvgIpc) is 2.05. The number of ether oxygens (including phenoxy) is 1. The number of carbonyl (C=O) groups is 1. The maximum atomic E-state index is 10.5. The molecule has 4 nitrogen and oxygen atoms in total. The topological polar surface area (TPSA) is 50.4 Å². The van der Waals surface area contributed by atoms with Crippen LogP contribution in [0.25, 0.3) is 0 Å². The molecule has 0 aromatic heterocycles. The van der Waals surface area contributed by atoms with Crippen LogP contribution >= 0.6 is 0 Å². The Hall–Kier alpha value is -0.610. The maximum absolute atomic E-state index is 10.5. The van der Waals surface area contributed by atoms with Crippen LogP contribution in [0.1, 0.15) is 13.3 Å². The lowest BCUT2D eigenvalue weighted by atomic mass is 10.2. The van der Waals surface area contributed by atoms with Crippen molar-refractivity contribution in [3.8, 4) is 0 Å². The van der Waals surface area contributed by atoms with Gasteiger partial charge in [-0.05, 0) is 6.42 Å². The molecule has 1 unspecified atom stereocenters. The Bertz CT molecular complexity index is 144. The van der Waals surface area contributed by atoms with Gasteiger partial charge in [-0.15, -0.1) is 0 Å². The van der Waals surface area contributed by atoms with Crippen molar-refractivity contribution in [3.05, 3.63) is 0 Å². The molecule has 1 rings (SSSR count). The Kier molecular flexibility index (Phi) is 4.04. The zero-order chi connectivity index (χ0) is 8.81. The van der Waals surface area contributed by atoms with Gasteiger partial charge in [0, 0.05) is 26.1 Å². The average molecular weight is 172 g/mol. The van der Waals surface area contributed by atoms with E-state index in [0.717, 1.165) is 32.7 Å². The summed E-state index contributed by atoms with van der Waals surface area (Å²) in [6, 6.07) is 0.408. The van der Waals surface area contributed by atoms with Gasteiger partial charge >= 0.3 is 0 Å². The van der Waals surface area contributed by atoms with E-state index in [4.69, 9.17) is 4.74 Å². The summed E-state index contributed by atoms with van der Waals surface area (Å²) in [6.07, 6.45) is 0.944. The van der Waals surface area contributed by atoms with Crippen molar-refractivity contribution in [2.24, 2.45) is 0 Å². The van der Waals surface area contributed by atoms with Crippen LogP contribution in [0.5, 0.6) is 0 Å². The van der Waals surface area contributed by atoms with Crippen LogP contribution in [-0.4, -0.2) is 38.3 Å². The Morgan fingerprint density at radius 1 is 1.75 bits per heavy atom. The van der Waals surface area contributed by atoms with Gasteiger partial charge in [0.25, 0.3) is 0 Å². The zero-order valence-corrected chi connectivity index (χ0v) is 7.43. The molecule has 0 saturated carbocycles. The summed E-state index contributed by atoms with van der Waals surface area (Å²) in [6.45, 7) is 4.75. The predicted octanol–water partition coefficient (Wildman–Crippen LogP) is -0.499. The van der Waals surface area contributed by atoms with Crippen molar-refractivity contribution >= 4 is 5.91 Å². The Morgan fingerprint density at radius 2 is 2.58 bits per heavy atom. The highest BCUT2D eigenvalue weighted by Crippen LogP contribution is 1.96. The standard InChI is InChI=1S/C8H16N2O2/c1-7(11)9-3-2-8-6-12-5-4-10-8/h8,10H,2-6H2,1H3,(H,9,11). The fraction of sp³-hybridized carbons (Fsp3) is 0.875. The van der Waals surface area contributed by atoms with Crippen LogP contribution in [0.3, 0.4) is 0 Å². The van der Waals surface area contributed by atoms with E-state index in [2.05, 4.69) is 10.6 Å². The van der Waals surface area contributed by atoms with E-state index in [-0.39, 0.29) is 5.91 Å². The number of carbonyl (C=O) groups excluding carboxylic acids is 1. The molecular formula is C8H16N2O2. The second-order valence-electron chi connectivity index (χ2n) is 3.00. The molecule has 1 heterocycles. The van der Waals surface area contributed by atoms with E-state index in [1.807, 2.05) is 0 Å². The van der Waals surface area contributed by atoms with Crippen molar-refractivity contribution in [2.45, 2.75) is 19.4 Å². The summed E-state index contributed by atoms with van der Waals surface area (Å²) in [5, 5.41) is 6.07. The predicted molar refractivity (Wildman–Crippen MR) is 45.9 cm³/mol. The van der Waals surface area contributed by atoms with Gasteiger partial charge in [-0.3, -0.25) is 4.79 Å². The van der Waals surface area contributed by atoms with E-state index in [9.17, 15) is 4.79 Å². The van der Waals surface area contributed by atoms with Crippen molar-refractivity contribution in [1.29, 1.82) is 0 Å². The highest BCUT2D eigenvalue weighted by molar-refractivity contribution is 5.72. The summed E-state index contributed by atoms with van der Waals surface area (Å²) in [5.41, 5.74) is 0. The first-order valence-corrected chi connectivity index (χ1v) is 4.34. The van der Waals surface area contributed by atoms with E-state index in [1.54, 1.807) is 0 Å². The molecular weight excluding hydrogens is 156 g/mol. The van der Waals surface area contributed by atoms with E-state index in [1.165, 1.54) is 6.92 Å². The van der Waals surface area contributed by atoms with Crippen molar-refractivity contribution in [2.75, 3.05) is 26.3 Å². The van der Waals surface area contributed by atoms with Crippen molar-refractivity contribution in [3.63, 3.8) is 0 Å². The smallest absolute Gasteiger partial charge is 0.216 e. The molecule has 0 radical (unpaired) electrons. The fourth-order valence-corrected chi connectivity index (χ4v) is 1.23. The van der Waals surface area contributed by atoms with Gasteiger partial charge in [0.15, 0.2) is 0 Å². The summed E-state index contributed by atoms with van der Waals surface area (Å²) in [7, 11) is 0. The van der Waals surface area contributed by atoms with Gasteiger partial charge in [0.05, 0.1) is 13.2 Å². The summed E-state index contributed by atoms with van der Waals surface area (Å²) in [5.74, 6) is 0.0340. The van der Waals surface area contributed by atoms with Gasteiger partial charge in [-0.25, -0.2) is 0 Å². The molecule has 12 heavy (non-hydrogen) atoms. The lowest BCUT2D eigenvalue weighted by Crippen LogP contribution is -2.43. The largest absolute Gasteiger partial charge is 0.379 e. The van der Waals surface area contributed by atoms with Gasteiger partial charge in [0.2, 0.25) is 5.91 Å². The van der Waals surface area contributed by atoms with Crippen LogP contribution in [0, 0.1) is 0 Å². The first-order valence-electron chi connectivity index (χ1n) is 4.34. The third-order valence-corrected chi connectivity index (χ3v) is 1.87. The number of nitrogens with one attached hydrogen (secondary N) is 2. The number of hydrogen-bond donors (Lipinski definition) is 2. The number of amides is 1. The quantitative estimate of drug-likeness (QED) is 0.603. The molecule has 1 fully saturated rings. The third-order valence-electron chi connectivity index (χ3n) is 1.87. The highest BCUT2D eigenvalue weighted by Gasteiger charge is 2.11. The first-order chi connectivity index (χ1) is 5.79. The maximum Gasteiger partial charge on any atom is 0.216 e. The molecule has 0 bridgehead atoms. The molecule has 1 aliphatic rings. The molecule has 70 valence electrons. The number of morpholine rings is 1. The van der Waals surface area contributed by atoms with Gasteiger partial charge < -0.3 is 15.4 Å². The number of hydrogen-bond acceptors (Lipinski definition) is 3. The van der Waals surface area contributed by atoms with Crippen LogP contribution < -0.4 is 10.6 Å². The Labute approximate surface area is 72.7 Å². The Morgan fingerprint density at radius 3 is 3.17 bits per heavy atom. The summed E-state index contributed by atoms with van der Waals surface area (Å²) >= 11 is 0. The minimum atomic E-state index is 0.0340. The molecule has 1 saturated heterocycles. The molecule has 0 aliphatic carbocycles. The van der Waals surface area contributed by atoms with Gasteiger partial charge in [0.1, 0.15) is 0 Å². The number of rotatable bonds is 3. The molecule has 0 aromatic rings. The molecule has 2 N–H and O–H groups in total. The molecule has 1 atom stereocenters. The van der Waals surface area contributed by atoms with Crippen LogP contribution in [0.2, 0.25) is 0 Å². The monoisotopic (exact) mass is 172 g/mol. The zero-order valence-electron chi connectivity index (χ0n) is 7.43. The van der Waals surface area contributed by atoms with Crippen LogP contribution in [0.15, 0.2) is 0 Å². The minimum Gasteiger partial charge on any atom is -0.379 e. The van der Waals surface area contributed by atoms with Crippen molar-refractivity contribution < 1.29 is 9.53 Å². The summed E-state index contributed by atoms with van der Waals surface area (Å²) < 4.78 is 5.26. The third kappa shape index (κ3) is 3.69. The normalized spacial score (nSPS) is 23.6. The second kappa shape index (κ2) is 5.11. The van der Waals surface area contributed by atoms with Gasteiger partial charge in [-0.1, -0.05) is 0 Å². The Balaban J connectivity index is 2.01. The van der Waals surface area contributed by atoms with E-state index >= 15 is 0 Å². The van der Waals surface area contributed by atoms with Gasteiger partial charge in [-0.2, -0.15) is 0 Å². The first kappa shape index (κ1) is 9.48. The summed E-state index contributed by atoms with van der Waals surface area (Å²) in [4.78, 5) is 10.5. The van der Waals surface area contributed by atoms with E-state index in [0.29, 0.717) is 6.04 Å². The second-order valence-corrected chi connectivity index (χ2v) is 3.00. The van der Waals surface area contributed by atoms with Crippen LogP contribution in [0.4, 0.5) is 0 Å². The lowest BCUT2D eigenvalue weighted by Gasteiger charge is -2.23. The molecule has 4 heteroatoms. The van der Waals surface area contributed by atoms with Crippen LogP contribution in [-0.2, 0) is 9.53 Å².